The molecule has 1 aromatic carbocycles. The van der Waals surface area contributed by atoms with Crippen molar-refractivity contribution in [2.24, 2.45) is 0 Å². The highest BCUT2D eigenvalue weighted by Crippen LogP contribution is 2.23. The van der Waals surface area contributed by atoms with Gasteiger partial charge in [0, 0.05) is 31.8 Å². The zero-order valence-electron chi connectivity index (χ0n) is 13.0. The highest BCUT2D eigenvalue weighted by atomic mass is 16.5. The number of nitrogens with one attached hydrogen (secondary N) is 2. The van der Waals surface area contributed by atoms with Gasteiger partial charge >= 0.3 is 0 Å². The Bertz CT molecular complexity index is 454. The summed E-state index contributed by atoms with van der Waals surface area (Å²) in [4.78, 5) is 11.8. The fraction of sp³-hybridized carbons (Fsp3) is 0.588. The maximum atomic E-state index is 11.8. The maximum Gasteiger partial charge on any atom is 0.221 e. The summed E-state index contributed by atoms with van der Waals surface area (Å²) in [5.41, 5.74) is 2.41. The molecule has 1 heterocycles. The average molecular weight is 290 g/mol. The molecule has 0 spiro atoms. The van der Waals surface area contributed by atoms with Crippen LogP contribution in [0.15, 0.2) is 24.3 Å². The molecule has 21 heavy (non-hydrogen) atoms. The largest absolute Gasteiger partial charge is 0.384 e. The van der Waals surface area contributed by atoms with E-state index in [1.807, 2.05) is 6.07 Å². The average Bonchev–Trinajstić information content (AvgIpc) is 2.99. The van der Waals surface area contributed by atoms with Gasteiger partial charge in [-0.15, -0.1) is 0 Å². The molecule has 2 N–H and O–H groups in total. The van der Waals surface area contributed by atoms with Gasteiger partial charge in [-0.05, 0) is 30.4 Å². The normalized spacial score (nSPS) is 18.0. The molecule has 4 nitrogen and oxygen atoms in total. The van der Waals surface area contributed by atoms with E-state index in [2.05, 4.69) is 42.7 Å². The molecular formula is C17H26N2O2. The Morgan fingerprint density at radius 1 is 1.38 bits per heavy atom. The van der Waals surface area contributed by atoms with E-state index in [-0.39, 0.29) is 12.0 Å². The Morgan fingerprint density at radius 2 is 2.19 bits per heavy atom. The summed E-state index contributed by atoms with van der Waals surface area (Å²) in [5, 5.41) is 6.31. The van der Waals surface area contributed by atoms with Gasteiger partial charge in [-0.1, -0.05) is 32.0 Å². The van der Waals surface area contributed by atoms with Gasteiger partial charge in [0.05, 0.1) is 6.10 Å². The number of para-hydroxylation sites is 1. The third-order valence-electron chi connectivity index (χ3n) is 3.80. The van der Waals surface area contributed by atoms with E-state index in [1.54, 1.807) is 0 Å². The second kappa shape index (κ2) is 8.03. The van der Waals surface area contributed by atoms with Crippen LogP contribution in [0.25, 0.3) is 0 Å². The van der Waals surface area contributed by atoms with Gasteiger partial charge in [-0.3, -0.25) is 4.79 Å². The van der Waals surface area contributed by atoms with Crippen molar-refractivity contribution in [2.75, 3.05) is 25.0 Å². The Balaban J connectivity index is 1.70. The molecule has 1 fully saturated rings. The van der Waals surface area contributed by atoms with E-state index >= 15 is 0 Å². The molecule has 0 radical (unpaired) electrons. The van der Waals surface area contributed by atoms with Crippen LogP contribution >= 0.6 is 0 Å². The van der Waals surface area contributed by atoms with Gasteiger partial charge < -0.3 is 15.4 Å². The highest BCUT2D eigenvalue weighted by molar-refractivity contribution is 5.76. The van der Waals surface area contributed by atoms with Crippen LogP contribution in [0.1, 0.15) is 44.6 Å². The fourth-order valence-electron chi connectivity index (χ4n) is 2.59. The third-order valence-corrected chi connectivity index (χ3v) is 3.80. The van der Waals surface area contributed by atoms with Crippen molar-refractivity contribution in [2.45, 2.75) is 45.1 Å². The lowest BCUT2D eigenvalue weighted by Crippen LogP contribution is -2.32. The number of hydrogen-bond acceptors (Lipinski definition) is 3. The highest BCUT2D eigenvalue weighted by Gasteiger charge is 2.15. The number of rotatable bonds is 7. The van der Waals surface area contributed by atoms with Gasteiger partial charge in [-0.2, -0.15) is 0 Å². The Labute approximate surface area is 127 Å². The molecule has 0 aliphatic carbocycles. The van der Waals surface area contributed by atoms with Crippen molar-refractivity contribution in [3.05, 3.63) is 29.8 Å². The zero-order valence-corrected chi connectivity index (χ0v) is 13.0. The second-order valence-electron chi connectivity index (χ2n) is 5.86. The minimum atomic E-state index is 0.0834. The first-order chi connectivity index (χ1) is 10.2. The number of anilines is 1. The molecule has 1 amide bonds. The topological polar surface area (TPSA) is 50.4 Å². The lowest BCUT2D eigenvalue weighted by Gasteiger charge is -2.15. The summed E-state index contributed by atoms with van der Waals surface area (Å²) in [7, 11) is 0. The van der Waals surface area contributed by atoms with Crippen LogP contribution in [0.5, 0.6) is 0 Å². The molecule has 0 bridgehead atoms. The zero-order chi connectivity index (χ0) is 15.1. The van der Waals surface area contributed by atoms with E-state index in [0.717, 1.165) is 25.1 Å². The summed E-state index contributed by atoms with van der Waals surface area (Å²) in [6.07, 6.45) is 2.86. The molecule has 1 aliphatic rings. The number of hydrogen-bond donors (Lipinski definition) is 2. The molecule has 1 aliphatic heterocycles. The van der Waals surface area contributed by atoms with Crippen LogP contribution in [0.3, 0.4) is 0 Å². The van der Waals surface area contributed by atoms with Crippen LogP contribution < -0.4 is 10.6 Å². The number of carbonyl (C=O) groups excluding carboxylic acids is 1. The molecule has 1 atom stereocenters. The monoisotopic (exact) mass is 290 g/mol. The minimum Gasteiger partial charge on any atom is -0.384 e. The summed E-state index contributed by atoms with van der Waals surface area (Å²) < 4.78 is 5.49. The smallest absolute Gasteiger partial charge is 0.221 e. The molecule has 1 aromatic rings. The molecule has 2 rings (SSSR count). The van der Waals surface area contributed by atoms with Gasteiger partial charge in [0.2, 0.25) is 5.91 Å². The van der Waals surface area contributed by atoms with E-state index < -0.39 is 0 Å². The van der Waals surface area contributed by atoms with Gasteiger partial charge in [0.25, 0.3) is 0 Å². The van der Waals surface area contributed by atoms with Gasteiger partial charge in [0.1, 0.15) is 0 Å². The van der Waals surface area contributed by atoms with Crippen molar-refractivity contribution in [3.8, 4) is 0 Å². The van der Waals surface area contributed by atoms with Crippen molar-refractivity contribution >= 4 is 11.6 Å². The predicted molar refractivity (Wildman–Crippen MR) is 85.6 cm³/mol. The van der Waals surface area contributed by atoms with Crippen molar-refractivity contribution in [3.63, 3.8) is 0 Å². The summed E-state index contributed by atoms with van der Waals surface area (Å²) in [5.74, 6) is 0.557. The second-order valence-corrected chi connectivity index (χ2v) is 5.86. The third kappa shape index (κ3) is 5.05. The number of benzene rings is 1. The molecule has 1 unspecified atom stereocenters. The van der Waals surface area contributed by atoms with Crippen LogP contribution in [0, 0.1) is 0 Å². The minimum absolute atomic E-state index is 0.0834. The fourth-order valence-corrected chi connectivity index (χ4v) is 2.59. The first-order valence-electron chi connectivity index (χ1n) is 7.88. The predicted octanol–water partition coefficient (Wildman–Crippen LogP) is 2.91. The molecule has 116 valence electrons. The first-order valence-corrected chi connectivity index (χ1v) is 7.88. The number of carbonyl (C=O) groups is 1. The van der Waals surface area contributed by atoms with Crippen molar-refractivity contribution in [1.82, 2.24) is 5.32 Å². The van der Waals surface area contributed by atoms with Gasteiger partial charge in [-0.25, -0.2) is 0 Å². The Kier molecular flexibility index (Phi) is 6.05. The molecule has 1 saturated heterocycles. The number of amides is 1. The molecule has 0 saturated carbocycles. The lowest BCUT2D eigenvalue weighted by molar-refractivity contribution is -0.121. The van der Waals surface area contributed by atoms with Crippen molar-refractivity contribution in [1.29, 1.82) is 0 Å². The lowest BCUT2D eigenvalue weighted by atomic mass is 10.0. The quantitative estimate of drug-likeness (QED) is 0.812. The standard InChI is InChI=1S/C17H26N2O2/c1-13(2)15-7-3-4-8-16(15)18-10-9-17(20)19-12-14-6-5-11-21-14/h3-4,7-8,13-14,18H,5-6,9-12H2,1-2H3,(H,19,20). The van der Waals surface area contributed by atoms with E-state index in [4.69, 9.17) is 4.74 Å². The van der Waals surface area contributed by atoms with Crippen molar-refractivity contribution < 1.29 is 9.53 Å². The number of ether oxygens (including phenoxy) is 1. The SMILES string of the molecule is CC(C)c1ccccc1NCCC(=O)NCC1CCCO1. The summed E-state index contributed by atoms with van der Waals surface area (Å²) >= 11 is 0. The summed E-state index contributed by atoms with van der Waals surface area (Å²) in [6.45, 7) is 6.47. The van der Waals surface area contributed by atoms with Crippen LogP contribution in [-0.2, 0) is 9.53 Å². The molecular weight excluding hydrogens is 264 g/mol. The Hall–Kier alpha value is -1.55. The summed E-state index contributed by atoms with van der Waals surface area (Å²) in [6, 6.07) is 8.27. The molecule has 0 aromatic heterocycles. The van der Waals surface area contributed by atoms with E-state index in [0.29, 0.717) is 25.4 Å². The Morgan fingerprint density at radius 3 is 2.90 bits per heavy atom. The van der Waals surface area contributed by atoms with Crippen LogP contribution in [0.2, 0.25) is 0 Å². The molecule has 4 heteroatoms. The first kappa shape index (κ1) is 15.8. The van der Waals surface area contributed by atoms with E-state index in [9.17, 15) is 4.79 Å². The van der Waals surface area contributed by atoms with E-state index in [1.165, 1.54) is 5.56 Å². The maximum absolute atomic E-state index is 11.8. The van der Waals surface area contributed by atoms with Crippen LogP contribution in [0.4, 0.5) is 5.69 Å². The van der Waals surface area contributed by atoms with Crippen LogP contribution in [-0.4, -0.2) is 31.7 Å². The van der Waals surface area contributed by atoms with Gasteiger partial charge in [0.15, 0.2) is 0 Å².